The van der Waals surface area contributed by atoms with Gasteiger partial charge in [-0.1, -0.05) is 12.1 Å². The van der Waals surface area contributed by atoms with Crippen LogP contribution in [0.25, 0.3) is 0 Å². The largest absolute Gasteiger partial charge is 0.508 e. The number of phenols is 1. The molecule has 2 N–H and O–H groups in total. The lowest BCUT2D eigenvalue weighted by Crippen LogP contribution is -2.32. The molecule has 5 heteroatoms. The van der Waals surface area contributed by atoms with E-state index in [2.05, 4.69) is 26.2 Å². The highest BCUT2D eigenvalue weighted by atomic mass is 79.9. The number of carbonyl (C=O) groups excluding carboxylic acids is 1. The van der Waals surface area contributed by atoms with Crippen LogP contribution in [0.2, 0.25) is 0 Å². The third-order valence-electron chi connectivity index (χ3n) is 3.17. The molecule has 2 aromatic rings. The lowest BCUT2D eigenvalue weighted by molar-refractivity contribution is 0.0938. The van der Waals surface area contributed by atoms with Gasteiger partial charge in [-0.3, -0.25) is 4.79 Å². The van der Waals surface area contributed by atoms with Crippen LogP contribution in [0.4, 0.5) is 0 Å². The topological polar surface area (TPSA) is 62.2 Å². The van der Waals surface area contributed by atoms with Crippen molar-refractivity contribution >= 4 is 21.8 Å². The second-order valence-electron chi connectivity index (χ2n) is 4.95. The van der Waals surface area contributed by atoms with Crippen molar-refractivity contribution in [3.05, 3.63) is 58.3 Å². The van der Waals surface area contributed by atoms with Gasteiger partial charge in [-0.25, -0.2) is 4.98 Å². The number of pyridine rings is 1. The Bertz CT molecular complexity index is 614. The summed E-state index contributed by atoms with van der Waals surface area (Å²) in [4.78, 5) is 16.1. The zero-order chi connectivity index (χ0) is 15.2. The molecule has 1 atom stereocenters. The standard InChI is InChI=1S/C16H17BrN2O2/c1-11(2-3-12-4-6-14(20)7-5-12)19-16(21)13-8-9-18-15(17)10-13/h4-11,20H,2-3H2,1H3,(H,19,21). The minimum Gasteiger partial charge on any atom is -0.508 e. The Morgan fingerprint density at radius 1 is 1.33 bits per heavy atom. The summed E-state index contributed by atoms with van der Waals surface area (Å²) in [6, 6.07) is 10.6. The van der Waals surface area contributed by atoms with E-state index in [-0.39, 0.29) is 17.7 Å². The predicted octanol–water partition coefficient (Wildman–Crippen LogP) is 3.30. The van der Waals surface area contributed by atoms with Crippen LogP contribution in [0, 0.1) is 0 Å². The summed E-state index contributed by atoms with van der Waals surface area (Å²) in [5.74, 6) is 0.166. The molecular weight excluding hydrogens is 332 g/mol. The quantitative estimate of drug-likeness (QED) is 0.815. The molecule has 0 saturated heterocycles. The summed E-state index contributed by atoms with van der Waals surface area (Å²) in [5, 5.41) is 12.2. The van der Waals surface area contributed by atoms with E-state index in [1.165, 1.54) is 0 Å². The van der Waals surface area contributed by atoms with E-state index in [4.69, 9.17) is 0 Å². The summed E-state index contributed by atoms with van der Waals surface area (Å²) in [6.07, 6.45) is 3.28. The molecular formula is C16H17BrN2O2. The number of benzene rings is 1. The summed E-state index contributed by atoms with van der Waals surface area (Å²) < 4.78 is 0.645. The highest BCUT2D eigenvalue weighted by Gasteiger charge is 2.10. The van der Waals surface area contributed by atoms with Gasteiger partial charge in [-0.15, -0.1) is 0 Å². The minimum absolute atomic E-state index is 0.0678. The van der Waals surface area contributed by atoms with Gasteiger partial charge in [0.05, 0.1) is 0 Å². The van der Waals surface area contributed by atoms with E-state index in [1.807, 2.05) is 19.1 Å². The second kappa shape index (κ2) is 7.22. The van der Waals surface area contributed by atoms with Crippen molar-refractivity contribution in [2.75, 3.05) is 0 Å². The fraction of sp³-hybridized carbons (Fsp3) is 0.250. The summed E-state index contributed by atoms with van der Waals surface area (Å²) in [6.45, 7) is 1.98. The minimum atomic E-state index is -0.101. The van der Waals surface area contributed by atoms with Gasteiger partial charge in [-0.2, -0.15) is 0 Å². The number of amides is 1. The normalized spacial score (nSPS) is 11.9. The number of carbonyl (C=O) groups is 1. The summed E-state index contributed by atoms with van der Waals surface area (Å²) in [5.41, 5.74) is 1.73. The predicted molar refractivity (Wildman–Crippen MR) is 85.3 cm³/mol. The first-order valence-electron chi connectivity index (χ1n) is 6.75. The average molecular weight is 349 g/mol. The maximum Gasteiger partial charge on any atom is 0.251 e. The van der Waals surface area contributed by atoms with Gasteiger partial charge >= 0.3 is 0 Å². The van der Waals surface area contributed by atoms with Gasteiger partial charge in [0.1, 0.15) is 10.4 Å². The zero-order valence-electron chi connectivity index (χ0n) is 11.7. The number of phenolic OH excluding ortho intramolecular Hbond substituents is 1. The van der Waals surface area contributed by atoms with Gasteiger partial charge in [0.15, 0.2) is 0 Å². The molecule has 2 rings (SSSR count). The first kappa shape index (κ1) is 15.5. The Morgan fingerprint density at radius 2 is 2.05 bits per heavy atom. The van der Waals surface area contributed by atoms with Crippen LogP contribution in [0.5, 0.6) is 5.75 Å². The lowest BCUT2D eigenvalue weighted by atomic mass is 10.1. The van der Waals surface area contributed by atoms with Crippen LogP contribution in [0.1, 0.15) is 29.3 Å². The molecule has 0 aliphatic rings. The van der Waals surface area contributed by atoms with Gasteiger partial charge in [-0.05, 0) is 65.5 Å². The molecule has 21 heavy (non-hydrogen) atoms. The van der Waals surface area contributed by atoms with Crippen molar-refractivity contribution in [2.45, 2.75) is 25.8 Å². The molecule has 0 aliphatic carbocycles. The molecule has 4 nitrogen and oxygen atoms in total. The monoisotopic (exact) mass is 348 g/mol. The maximum atomic E-state index is 12.1. The molecule has 0 bridgehead atoms. The number of rotatable bonds is 5. The molecule has 0 aliphatic heterocycles. The smallest absolute Gasteiger partial charge is 0.251 e. The van der Waals surface area contributed by atoms with Crippen LogP contribution < -0.4 is 5.32 Å². The van der Waals surface area contributed by atoms with Crippen molar-refractivity contribution in [1.29, 1.82) is 0 Å². The van der Waals surface area contributed by atoms with Gasteiger partial charge < -0.3 is 10.4 Å². The number of aromatic nitrogens is 1. The van der Waals surface area contributed by atoms with E-state index < -0.39 is 0 Å². The Morgan fingerprint density at radius 3 is 2.71 bits per heavy atom. The van der Waals surface area contributed by atoms with E-state index in [1.54, 1.807) is 30.5 Å². The molecule has 1 amide bonds. The van der Waals surface area contributed by atoms with E-state index in [0.29, 0.717) is 10.2 Å². The highest BCUT2D eigenvalue weighted by Crippen LogP contribution is 2.12. The molecule has 1 aromatic heterocycles. The van der Waals surface area contributed by atoms with Crippen molar-refractivity contribution in [3.63, 3.8) is 0 Å². The Labute approximate surface area is 132 Å². The van der Waals surface area contributed by atoms with Gasteiger partial charge in [0.25, 0.3) is 5.91 Å². The van der Waals surface area contributed by atoms with Crippen LogP contribution in [0.15, 0.2) is 47.2 Å². The highest BCUT2D eigenvalue weighted by molar-refractivity contribution is 9.10. The van der Waals surface area contributed by atoms with E-state index in [9.17, 15) is 9.90 Å². The van der Waals surface area contributed by atoms with Crippen LogP contribution in [0.3, 0.4) is 0 Å². The Kier molecular flexibility index (Phi) is 5.33. The molecule has 0 saturated carbocycles. The van der Waals surface area contributed by atoms with Crippen LogP contribution in [-0.4, -0.2) is 22.0 Å². The molecule has 0 spiro atoms. The molecule has 0 fully saturated rings. The average Bonchev–Trinajstić information content (AvgIpc) is 2.46. The zero-order valence-corrected chi connectivity index (χ0v) is 13.3. The Hall–Kier alpha value is -1.88. The number of aryl methyl sites for hydroxylation is 1. The summed E-state index contributed by atoms with van der Waals surface area (Å²) in [7, 11) is 0. The molecule has 1 aromatic carbocycles. The van der Waals surface area contributed by atoms with Gasteiger partial charge in [0, 0.05) is 17.8 Å². The van der Waals surface area contributed by atoms with E-state index >= 15 is 0 Å². The van der Waals surface area contributed by atoms with E-state index in [0.717, 1.165) is 18.4 Å². The third-order valence-corrected chi connectivity index (χ3v) is 3.60. The second-order valence-corrected chi connectivity index (χ2v) is 5.76. The lowest BCUT2D eigenvalue weighted by Gasteiger charge is -2.14. The fourth-order valence-electron chi connectivity index (χ4n) is 1.97. The summed E-state index contributed by atoms with van der Waals surface area (Å²) >= 11 is 3.25. The number of nitrogens with one attached hydrogen (secondary N) is 1. The number of nitrogens with zero attached hydrogens (tertiary/aromatic N) is 1. The van der Waals surface area contributed by atoms with Crippen molar-refractivity contribution in [1.82, 2.24) is 10.3 Å². The number of halogens is 1. The third kappa shape index (κ3) is 4.86. The van der Waals surface area contributed by atoms with Gasteiger partial charge in [0.2, 0.25) is 0 Å². The molecule has 0 radical (unpaired) electrons. The first-order valence-corrected chi connectivity index (χ1v) is 7.54. The number of hydrogen-bond acceptors (Lipinski definition) is 3. The molecule has 1 heterocycles. The van der Waals surface area contributed by atoms with Crippen LogP contribution >= 0.6 is 15.9 Å². The fourth-order valence-corrected chi connectivity index (χ4v) is 2.33. The number of aromatic hydroxyl groups is 1. The molecule has 110 valence electrons. The van der Waals surface area contributed by atoms with Crippen molar-refractivity contribution in [2.24, 2.45) is 0 Å². The van der Waals surface area contributed by atoms with Crippen LogP contribution in [-0.2, 0) is 6.42 Å². The van der Waals surface area contributed by atoms with Crippen molar-refractivity contribution < 1.29 is 9.90 Å². The molecule has 1 unspecified atom stereocenters. The maximum absolute atomic E-state index is 12.1. The van der Waals surface area contributed by atoms with Crippen molar-refractivity contribution in [3.8, 4) is 5.75 Å². The SMILES string of the molecule is CC(CCc1ccc(O)cc1)NC(=O)c1ccnc(Br)c1. The number of hydrogen-bond donors (Lipinski definition) is 2. The first-order chi connectivity index (χ1) is 10.0. The Balaban J connectivity index is 1.85.